The molecule has 2 nitrogen and oxygen atoms in total. The number of nitrogens with one attached hydrogen (secondary N) is 1. The van der Waals surface area contributed by atoms with E-state index in [0.717, 1.165) is 25.8 Å². The van der Waals surface area contributed by atoms with Crippen LogP contribution in [0.3, 0.4) is 0 Å². The molecule has 0 aliphatic heterocycles. The largest absolute Gasteiger partial charge is 0.310 e. The van der Waals surface area contributed by atoms with Gasteiger partial charge in [-0.25, -0.2) is 0 Å². The van der Waals surface area contributed by atoms with Crippen LogP contribution in [0.1, 0.15) is 43.0 Å². The number of rotatable bonds is 7. The molecule has 2 aromatic rings. The summed E-state index contributed by atoms with van der Waals surface area (Å²) in [6.45, 7) is 5.36. The Hall–Kier alpha value is -1.67. The number of hydrogen-bond acceptors (Lipinski definition) is 2. The molecule has 2 heteroatoms. The van der Waals surface area contributed by atoms with Crippen LogP contribution in [0.2, 0.25) is 0 Å². The molecule has 1 heterocycles. The molecule has 106 valence electrons. The Morgan fingerprint density at radius 3 is 2.60 bits per heavy atom. The first kappa shape index (κ1) is 14.7. The van der Waals surface area contributed by atoms with Gasteiger partial charge in [-0.1, -0.05) is 44.2 Å². The quantitative estimate of drug-likeness (QED) is 0.823. The van der Waals surface area contributed by atoms with E-state index in [1.54, 1.807) is 0 Å². The molecule has 0 saturated carbocycles. The van der Waals surface area contributed by atoms with Crippen LogP contribution in [0.15, 0.2) is 48.8 Å². The van der Waals surface area contributed by atoms with E-state index in [2.05, 4.69) is 60.5 Å². The smallest absolute Gasteiger partial charge is 0.0327 e. The van der Waals surface area contributed by atoms with Gasteiger partial charge in [0.15, 0.2) is 0 Å². The van der Waals surface area contributed by atoms with Crippen LogP contribution in [-0.2, 0) is 12.8 Å². The summed E-state index contributed by atoms with van der Waals surface area (Å²) in [5.74, 6) is 0. The van der Waals surface area contributed by atoms with Gasteiger partial charge in [0.2, 0.25) is 0 Å². The van der Waals surface area contributed by atoms with Crippen LogP contribution in [0.25, 0.3) is 0 Å². The Morgan fingerprint density at radius 1 is 1.10 bits per heavy atom. The topological polar surface area (TPSA) is 24.9 Å². The molecule has 0 radical (unpaired) electrons. The Kier molecular flexibility index (Phi) is 5.75. The lowest BCUT2D eigenvalue weighted by Gasteiger charge is -2.21. The highest BCUT2D eigenvalue weighted by molar-refractivity contribution is 5.27. The van der Waals surface area contributed by atoms with Crippen molar-refractivity contribution in [2.45, 2.75) is 39.2 Å². The number of aryl methyl sites for hydroxylation is 2. The van der Waals surface area contributed by atoms with Crippen LogP contribution in [0, 0.1) is 0 Å². The van der Waals surface area contributed by atoms with Crippen molar-refractivity contribution in [1.82, 2.24) is 10.3 Å². The van der Waals surface area contributed by atoms with Gasteiger partial charge in [-0.15, -0.1) is 0 Å². The van der Waals surface area contributed by atoms with E-state index in [9.17, 15) is 0 Å². The van der Waals surface area contributed by atoms with Crippen molar-refractivity contribution in [2.24, 2.45) is 0 Å². The zero-order chi connectivity index (χ0) is 14.2. The van der Waals surface area contributed by atoms with Crippen LogP contribution >= 0.6 is 0 Å². The van der Waals surface area contributed by atoms with Gasteiger partial charge < -0.3 is 5.32 Å². The first-order chi connectivity index (χ1) is 9.85. The average Bonchev–Trinajstić information content (AvgIpc) is 2.52. The van der Waals surface area contributed by atoms with Gasteiger partial charge in [0.25, 0.3) is 0 Å². The minimum absolute atomic E-state index is 0.415. The zero-order valence-electron chi connectivity index (χ0n) is 12.5. The van der Waals surface area contributed by atoms with Gasteiger partial charge in [-0.05, 0) is 48.6 Å². The Balaban J connectivity index is 2.10. The summed E-state index contributed by atoms with van der Waals surface area (Å²) in [5.41, 5.74) is 4.16. The van der Waals surface area contributed by atoms with Crippen molar-refractivity contribution in [3.63, 3.8) is 0 Å². The molecule has 1 unspecified atom stereocenters. The van der Waals surface area contributed by atoms with E-state index >= 15 is 0 Å². The molecule has 0 bridgehead atoms. The number of pyridine rings is 1. The number of aromatic nitrogens is 1. The van der Waals surface area contributed by atoms with Crippen molar-refractivity contribution in [3.05, 3.63) is 65.5 Å². The molecule has 0 aliphatic rings. The third-order valence-corrected chi connectivity index (χ3v) is 3.71. The molecule has 1 aromatic heterocycles. The summed E-state index contributed by atoms with van der Waals surface area (Å²) in [6.07, 6.45) is 7.17. The fourth-order valence-electron chi connectivity index (χ4n) is 2.64. The molecule has 0 aliphatic carbocycles. The average molecular weight is 268 g/mol. The maximum atomic E-state index is 4.25. The summed E-state index contributed by atoms with van der Waals surface area (Å²) < 4.78 is 0. The lowest BCUT2D eigenvalue weighted by molar-refractivity contribution is 0.511. The van der Waals surface area contributed by atoms with Crippen molar-refractivity contribution < 1.29 is 0 Å². The van der Waals surface area contributed by atoms with Crippen LogP contribution in [0.4, 0.5) is 0 Å². The lowest BCUT2D eigenvalue weighted by atomic mass is 9.95. The normalized spacial score (nSPS) is 12.3. The third-order valence-electron chi connectivity index (χ3n) is 3.71. The first-order valence-corrected chi connectivity index (χ1v) is 7.55. The fourth-order valence-corrected chi connectivity index (χ4v) is 2.64. The Bertz CT molecular complexity index is 508. The number of benzene rings is 1. The van der Waals surface area contributed by atoms with Crippen molar-refractivity contribution in [1.29, 1.82) is 0 Å². The van der Waals surface area contributed by atoms with Gasteiger partial charge in [-0.2, -0.15) is 0 Å². The van der Waals surface area contributed by atoms with Crippen LogP contribution in [0.5, 0.6) is 0 Å². The molecule has 1 N–H and O–H groups in total. The molecule has 0 fully saturated rings. The van der Waals surface area contributed by atoms with Gasteiger partial charge >= 0.3 is 0 Å². The predicted octanol–water partition coefficient (Wildman–Crippen LogP) is 3.93. The Morgan fingerprint density at radius 2 is 1.90 bits per heavy atom. The minimum Gasteiger partial charge on any atom is -0.310 e. The van der Waals surface area contributed by atoms with Gasteiger partial charge in [0, 0.05) is 18.4 Å². The van der Waals surface area contributed by atoms with E-state index in [1.807, 2.05) is 12.4 Å². The molecule has 1 atom stereocenters. The van der Waals surface area contributed by atoms with Crippen molar-refractivity contribution >= 4 is 0 Å². The first-order valence-electron chi connectivity index (χ1n) is 7.55. The molecule has 20 heavy (non-hydrogen) atoms. The molecule has 2 rings (SSSR count). The maximum absolute atomic E-state index is 4.25. The standard InChI is InChI=1S/C18H24N2/c1-3-16-14-19-13-12-17(16)18(20-4-2)11-10-15-8-6-5-7-9-15/h5-9,12-14,18,20H,3-4,10-11H2,1-2H3. The second-order valence-electron chi connectivity index (χ2n) is 5.06. The molecule has 0 saturated heterocycles. The van der Waals surface area contributed by atoms with Gasteiger partial charge in [0.05, 0.1) is 0 Å². The summed E-state index contributed by atoms with van der Waals surface area (Å²) in [6, 6.07) is 13.3. The summed E-state index contributed by atoms with van der Waals surface area (Å²) >= 11 is 0. The van der Waals surface area contributed by atoms with E-state index in [4.69, 9.17) is 0 Å². The number of nitrogens with zero attached hydrogens (tertiary/aromatic N) is 1. The summed E-state index contributed by atoms with van der Waals surface area (Å²) in [5, 5.41) is 3.62. The van der Waals surface area contributed by atoms with Gasteiger partial charge in [-0.3, -0.25) is 4.98 Å². The predicted molar refractivity (Wildman–Crippen MR) is 84.8 cm³/mol. The van der Waals surface area contributed by atoms with E-state index in [0.29, 0.717) is 6.04 Å². The van der Waals surface area contributed by atoms with Gasteiger partial charge in [0.1, 0.15) is 0 Å². The Labute approximate surface area is 122 Å². The zero-order valence-corrected chi connectivity index (χ0v) is 12.5. The van der Waals surface area contributed by atoms with E-state index < -0.39 is 0 Å². The van der Waals surface area contributed by atoms with Crippen molar-refractivity contribution in [2.75, 3.05) is 6.54 Å². The van der Waals surface area contributed by atoms with E-state index in [-0.39, 0.29) is 0 Å². The highest BCUT2D eigenvalue weighted by Gasteiger charge is 2.13. The SMILES string of the molecule is CCNC(CCc1ccccc1)c1ccncc1CC. The fraction of sp³-hybridized carbons (Fsp3) is 0.389. The molecule has 1 aromatic carbocycles. The second kappa shape index (κ2) is 7.81. The second-order valence-corrected chi connectivity index (χ2v) is 5.06. The highest BCUT2D eigenvalue weighted by Crippen LogP contribution is 2.22. The minimum atomic E-state index is 0.415. The third kappa shape index (κ3) is 3.91. The summed E-state index contributed by atoms with van der Waals surface area (Å²) in [4.78, 5) is 4.25. The van der Waals surface area contributed by atoms with E-state index in [1.165, 1.54) is 16.7 Å². The number of hydrogen-bond donors (Lipinski definition) is 1. The molecule has 0 spiro atoms. The molecular formula is C18H24N2. The maximum Gasteiger partial charge on any atom is 0.0327 e. The highest BCUT2D eigenvalue weighted by atomic mass is 14.9. The van der Waals surface area contributed by atoms with Crippen LogP contribution in [-0.4, -0.2) is 11.5 Å². The van der Waals surface area contributed by atoms with Crippen molar-refractivity contribution in [3.8, 4) is 0 Å². The monoisotopic (exact) mass is 268 g/mol. The molecular weight excluding hydrogens is 244 g/mol. The lowest BCUT2D eigenvalue weighted by Crippen LogP contribution is -2.22. The van der Waals surface area contributed by atoms with Crippen LogP contribution < -0.4 is 5.32 Å². The molecule has 0 amide bonds. The summed E-state index contributed by atoms with van der Waals surface area (Å²) in [7, 11) is 0.